The number of amides is 1. The Balaban J connectivity index is 1.95. The average molecular weight is 393 g/mol. The van der Waals surface area contributed by atoms with E-state index in [1.165, 1.54) is 18.9 Å². The fourth-order valence-corrected chi connectivity index (χ4v) is 2.36. The number of halogens is 1. The molecule has 0 saturated carbocycles. The molecule has 8 nitrogen and oxygen atoms in total. The SMILES string of the molecule is COc1cc(Cl)c(C)cc1NC(=O)C(C)OC(=O)CN(C)c1ncccn1. The summed E-state index contributed by atoms with van der Waals surface area (Å²) in [5, 5.41) is 3.21. The Labute approximate surface area is 162 Å². The van der Waals surface area contributed by atoms with Crippen LogP contribution in [-0.2, 0) is 14.3 Å². The van der Waals surface area contributed by atoms with Gasteiger partial charge in [0.15, 0.2) is 6.10 Å². The molecular formula is C18H21ClN4O4. The molecule has 2 rings (SSSR count). The standard InChI is InChI=1S/C18H21ClN4O4/c1-11-8-14(15(26-4)9-13(11)19)22-17(25)12(2)27-16(24)10-23(3)18-20-6-5-7-21-18/h5-9,12H,10H2,1-4H3,(H,22,25). The molecule has 0 saturated heterocycles. The predicted octanol–water partition coefficient (Wildman–Crippen LogP) is 2.45. The first-order chi connectivity index (χ1) is 12.8. The molecule has 0 aliphatic rings. The lowest BCUT2D eigenvalue weighted by Gasteiger charge is -2.19. The van der Waals surface area contributed by atoms with Gasteiger partial charge in [-0.25, -0.2) is 9.97 Å². The van der Waals surface area contributed by atoms with Gasteiger partial charge in [-0.3, -0.25) is 9.59 Å². The Kier molecular flexibility index (Phi) is 6.95. The van der Waals surface area contributed by atoms with Crippen LogP contribution >= 0.6 is 11.6 Å². The van der Waals surface area contributed by atoms with Crippen LogP contribution in [0.1, 0.15) is 12.5 Å². The molecule has 1 atom stereocenters. The topological polar surface area (TPSA) is 93.6 Å². The second-order valence-corrected chi connectivity index (χ2v) is 6.24. The van der Waals surface area contributed by atoms with E-state index >= 15 is 0 Å². The highest BCUT2D eigenvalue weighted by Crippen LogP contribution is 2.31. The maximum Gasteiger partial charge on any atom is 0.326 e. The normalized spacial score (nSPS) is 11.4. The number of likely N-dealkylation sites (N-methyl/N-ethyl adjacent to an activating group) is 1. The molecule has 9 heteroatoms. The molecule has 2 aromatic rings. The van der Waals surface area contributed by atoms with Gasteiger partial charge in [0.2, 0.25) is 5.95 Å². The molecule has 1 amide bonds. The third-order valence-electron chi connectivity index (χ3n) is 3.68. The van der Waals surface area contributed by atoms with Crippen molar-refractivity contribution < 1.29 is 19.1 Å². The number of carbonyl (C=O) groups is 2. The summed E-state index contributed by atoms with van der Waals surface area (Å²) in [6.45, 7) is 3.20. The number of methoxy groups -OCH3 is 1. The highest BCUT2D eigenvalue weighted by atomic mass is 35.5. The summed E-state index contributed by atoms with van der Waals surface area (Å²) < 4.78 is 10.4. The number of benzene rings is 1. The number of carbonyl (C=O) groups excluding carboxylic acids is 2. The molecule has 0 aliphatic heterocycles. The molecule has 1 unspecified atom stereocenters. The zero-order valence-corrected chi connectivity index (χ0v) is 16.3. The van der Waals surface area contributed by atoms with Gasteiger partial charge in [0.25, 0.3) is 5.91 Å². The Morgan fingerprint density at radius 1 is 1.30 bits per heavy atom. The van der Waals surface area contributed by atoms with E-state index in [2.05, 4.69) is 15.3 Å². The first-order valence-corrected chi connectivity index (χ1v) is 8.52. The van der Waals surface area contributed by atoms with Gasteiger partial charge in [0, 0.05) is 30.5 Å². The van der Waals surface area contributed by atoms with E-state index in [0.717, 1.165) is 5.56 Å². The Morgan fingerprint density at radius 3 is 2.59 bits per heavy atom. The monoisotopic (exact) mass is 392 g/mol. The number of hydrogen-bond donors (Lipinski definition) is 1. The number of hydrogen-bond acceptors (Lipinski definition) is 7. The zero-order valence-electron chi connectivity index (χ0n) is 15.5. The van der Waals surface area contributed by atoms with E-state index in [1.807, 2.05) is 6.92 Å². The molecule has 1 aromatic heterocycles. The third-order valence-corrected chi connectivity index (χ3v) is 4.08. The average Bonchev–Trinajstić information content (AvgIpc) is 2.64. The lowest BCUT2D eigenvalue weighted by molar-refractivity contribution is -0.151. The van der Waals surface area contributed by atoms with Crippen LogP contribution in [0.25, 0.3) is 0 Å². The van der Waals surface area contributed by atoms with E-state index in [4.69, 9.17) is 21.1 Å². The van der Waals surface area contributed by atoms with Crippen LogP contribution in [0.4, 0.5) is 11.6 Å². The molecule has 1 aromatic carbocycles. The van der Waals surface area contributed by atoms with Crippen LogP contribution in [0.5, 0.6) is 5.75 Å². The van der Waals surface area contributed by atoms with E-state index in [9.17, 15) is 9.59 Å². The van der Waals surface area contributed by atoms with Gasteiger partial charge in [-0.2, -0.15) is 0 Å². The number of aromatic nitrogens is 2. The van der Waals surface area contributed by atoms with E-state index in [1.54, 1.807) is 37.6 Å². The van der Waals surface area contributed by atoms with Crippen molar-refractivity contribution >= 4 is 35.1 Å². The lowest BCUT2D eigenvalue weighted by Crippen LogP contribution is -2.35. The largest absolute Gasteiger partial charge is 0.495 e. The number of anilines is 2. The Bertz CT molecular complexity index is 817. The van der Waals surface area contributed by atoms with Gasteiger partial charge in [-0.05, 0) is 31.5 Å². The Hall–Kier alpha value is -2.87. The minimum absolute atomic E-state index is 0.0923. The van der Waals surface area contributed by atoms with Crippen LogP contribution in [0.2, 0.25) is 5.02 Å². The van der Waals surface area contributed by atoms with Crippen molar-refractivity contribution in [3.63, 3.8) is 0 Å². The molecule has 144 valence electrons. The molecule has 0 radical (unpaired) electrons. The minimum atomic E-state index is -0.997. The highest BCUT2D eigenvalue weighted by molar-refractivity contribution is 6.31. The van der Waals surface area contributed by atoms with Crippen LogP contribution in [0.3, 0.4) is 0 Å². The van der Waals surface area contributed by atoms with Gasteiger partial charge in [-0.1, -0.05) is 11.6 Å². The summed E-state index contributed by atoms with van der Waals surface area (Å²) in [6.07, 6.45) is 2.15. The van der Waals surface area contributed by atoms with Gasteiger partial charge in [0.1, 0.15) is 12.3 Å². The molecule has 0 bridgehead atoms. The van der Waals surface area contributed by atoms with Crippen LogP contribution < -0.4 is 15.0 Å². The summed E-state index contributed by atoms with van der Waals surface area (Å²) in [7, 11) is 3.13. The van der Waals surface area contributed by atoms with E-state index in [-0.39, 0.29) is 6.54 Å². The zero-order chi connectivity index (χ0) is 20.0. The van der Waals surface area contributed by atoms with Gasteiger partial charge < -0.3 is 19.7 Å². The van der Waals surface area contributed by atoms with Crippen molar-refractivity contribution in [2.75, 3.05) is 30.9 Å². The Morgan fingerprint density at radius 2 is 1.96 bits per heavy atom. The molecule has 0 aliphatic carbocycles. The van der Waals surface area contributed by atoms with Gasteiger partial charge in [0.05, 0.1) is 12.8 Å². The molecule has 1 N–H and O–H groups in total. The fourth-order valence-electron chi connectivity index (χ4n) is 2.20. The first kappa shape index (κ1) is 20.4. The summed E-state index contributed by atoms with van der Waals surface area (Å²) in [4.78, 5) is 34.0. The van der Waals surface area contributed by atoms with Crippen LogP contribution in [-0.4, -0.2) is 48.7 Å². The lowest BCUT2D eigenvalue weighted by atomic mass is 10.2. The van der Waals surface area contributed by atoms with Crippen molar-refractivity contribution in [3.8, 4) is 5.75 Å². The molecule has 1 heterocycles. The van der Waals surface area contributed by atoms with Crippen molar-refractivity contribution in [3.05, 3.63) is 41.2 Å². The molecular weight excluding hydrogens is 372 g/mol. The maximum atomic E-state index is 12.4. The quantitative estimate of drug-likeness (QED) is 0.723. The predicted molar refractivity (Wildman–Crippen MR) is 102 cm³/mol. The van der Waals surface area contributed by atoms with Crippen molar-refractivity contribution in [1.82, 2.24) is 9.97 Å². The first-order valence-electron chi connectivity index (χ1n) is 8.14. The fraction of sp³-hybridized carbons (Fsp3) is 0.333. The van der Waals surface area contributed by atoms with Crippen molar-refractivity contribution in [2.24, 2.45) is 0 Å². The number of esters is 1. The molecule has 0 fully saturated rings. The van der Waals surface area contributed by atoms with E-state index < -0.39 is 18.0 Å². The van der Waals surface area contributed by atoms with Gasteiger partial charge in [-0.15, -0.1) is 0 Å². The third kappa shape index (κ3) is 5.55. The summed E-state index contributed by atoms with van der Waals surface area (Å²) in [5.74, 6) is -0.264. The molecule has 27 heavy (non-hydrogen) atoms. The summed E-state index contributed by atoms with van der Waals surface area (Å²) >= 11 is 6.05. The number of ether oxygens (including phenoxy) is 2. The second kappa shape index (κ2) is 9.18. The number of rotatable bonds is 7. The minimum Gasteiger partial charge on any atom is -0.495 e. The number of nitrogens with zero attached hydrogens (tertiary/aromatic N) is 3. The molecule has 0 spiro atoms. The highest BCUT2D eigenvalue weighted by Gasteiger charge is 2.21. The van der Waals surface area contributed by atoms with Crippen molar-refractivity contribution in [1.29, 1.82) is 0 Å². The summed E-state index contributed by atoms with van der Waals surface area (Å²) in [5.41, 5.74) is 1.23. The summed E-state index contributed by atoms with van der Waals surface area (Å²) in [6, 6.07) is 4.97. The maximum absolute atomic E-state index is 12.4. The number of aryl methyl sites for hydroxylation is 1. The smallest absolute Gasteiger partial charge is 0.326 e. The second-order valence-electron chi connectivity index (χ2n) is 5.83. The van der Waals surface area contributed by atoms with Crippen LogP contribution in [0, 0.1) is 6.92 Å². The van der Waals surface area contributed by atoms with Crippen molar-refractivity contribution in [2.45, 2.75) is 20.0 Å². The van der Waals surface area contributed by atoms with E-state index in [0.29, 0.717) is 22.4 Å². The van der Waals surface area contributed by atoms with Gasteiger partial charge >= 0.3 is 5.97 Å². The number of nitrogens with one attached hydrogen (secondary N) is 1. The van der Waals surface area contributed by atoms with Crippen LogP contribution in [0.15, 0.2) is 30.6 Å².